The summed E-state index contributed by atoms with van der Waals surface area (Å²) in [6.45, 7) is 2.18. The van der Waals surface area contributed by atoms with Gasteiger partial charge in [0.15, 0.2) is 0 Å². The summed E-state index contributed by atoms with van der Waals surface area (Å²) in [5.41, 5.74) is 5.83. The Bertz CT molecular complexity index is 1200. The average molecular weight is 393 g/mol. The van der Waals surface area contributed by atoms with Gasteiger partial charge in [-0.1, -0.05) is 0 Å². The Morgan fingerprint density at radius 3 is 2.96 bits per heavy atom. The first-order chi connectivity index (χ1) is 13.7. The van der Waals surface area contributed by atoms with Crippen LogP contribution in [-0.4, -0.2) is 39.9 Å². The third-order valence-electron chi connectivity index (χ3n) is 5.00. The predicted octanol–water partition coefficient (Wildman–Crippen LogP) is 3.91. The lowest BCUT2D eigenvalue weighted by molar-refractivity contribution is 0.175. The molecule has 2 aromatic carbocycles. The van der Waals surface area contributed by atoms with Crippen molar-refractivity contribution >= 4 is 32.6 Å². The maximum absolute atomic E-state index is 9.22. The molecule has 5 rings (SSSR count). The highest BCUT2D eigenvalue weighted by Gasteiger charge is 2.26. The predicted molar refractivity (Wildman–Crippen MR) is 109 cm³/mol. The number of aliphatic hydroxyl groups is 1. The van der Waals surface area contributed by atoms with E-state index in [0.717, 1.165) is 49.6 Å². The molecule has 0 amide bonds. The van der Waals surface area contributed by atoms with E-state index in [4.69, 9.17) is 14.5 Å². The van der Waals surface area contributed by atoms with E-state index in [1.807, 2.05) is 25.1 Å². The Morgan fingerprint density at radius 2 is 2.14 bits per heavy atom. The lowest BCUT2D eigenvalue weighted by Crippen LogP contribution is -2.14. The first-order valence-electron chi connectivity index (χ1n) is 9.18. The zero-order valence-electron chi connectivity index (χ0n) is 15.6. The fraction of sp³-hybridized carbons (Fsp3) is 0.286. The first-order valence-corrected chi connectivity index (χ1v) is 9.99. The molecule has 2 aromatic heterocycles. The van der Waals surface area contributed by atoms with Gasteiger partial charge in [0.2, 0.25) is 5.88 Å². The van der Waals surface area contributed by atoms with Gasteiger partial charge in [0, 0.05) is 30.6 Å². The van der Waals surface area contributed by atoms with Gasteiger partial charge in [0.05, 0.1) is 34.6 Å². The van der Waals surface area contributed by atoms with Crippen molar-refractivity contribution in [3.8, 4) is 22.2 Å². The van der Waals surface area contributed by atoms with Crippen LogP contribution in [-0.2, 0) is 6.42 Å². The van der Waals surface area contributed by atoms with Crippen molar-refractivity contribution < 1.29 is 14.6 Å². The summed E-state index contributed by atoms with van der Waals surface area (Å²) in [6.07, 6.45) is 3.12. The molecule has 1 aliphatic heterocycles. The molecule has 0 bridgehead atoms. The maximum atomic E-state index is 9.22. The number of rotatable bonds is 4. The molecular weight excluding hydrogens is 374 g/mol. The number of hydrogen-bond donors (Lipinski definition) is 1. The molecule has 1 atom stereocenters. The molecule has 0 fully saturated rings. The van der Waals surface area contributed by atoms with Crippen LogP contribution in [0, 0.1) is 6.92 Å². The Kier molecular flexibility index (Phi) is 4.14. The van der Waals surface area contributed by atoms with Crippen molar-refractivity contribution in [2.24, 2.45) is 0 Å². The molecule has 1 aliphatic rings. The van der Waals surface area contributed by atoms with Gasteiger partial charge in [-0.2, -0.15) is 0 Å². The van der Waals surface area contributed by atoms with Gasteiger partial charge in [-0.15, -0.1) is 11.3 Å². The number of fused-ring (bicyclic) bond motifs is 4. The van der Waals surface area contributed by atoms with Crippen molar-refractivity contribution in [2.75, 3.05) is 13.7 Å². The van der Waals surface area contributed by atoms with E-state index in [-0.39, 0.29) is 12.7 Å². The standard InChI is InChI=1S/C21H19N3O3S/c1-11-7-14(19-16(8-11)23-18(26-2)10-22-19)21-24-15-3-4-17-13(20(15)28-21)9-12(27-17)5-6-25/h3-4,7-8,10,12,25H,5-6,9H2,1-2H3/t12-/m1/s1. The Balaban J connectivity index is 1.66. The molecule has 0 aliphatic carbocycles. The van der Waals surface area contributed by atoms with Crippen molar-refractivity contribution in [2.45, 2.75) is 25.9 Å². The maximum Gasteiger partial charge on any atom is 0.232 e. The highest BCUT2D eigenvalue weighted by atomic mass is 32.1. The van der Waals surface area contributed by atoms with E-state index in [9.17, 15) is 5.11 Å². The van der Waals surface area contributed by atoms with E-state index in [1.54, 1.807) is 24.6 Å². The lowest BCUT2D eigenvalue weighted by Gasteiger charge is -2.07. The van der Waals surface area contributed by atoms with E-state index >= 15 is 0 Å². The topological polar surface area (TPSA) is 77.4 Å². The van der Waals surface area contributed by atoms with Crippen LogP contribution in [0.2, 0.25) is 0 Å². The molecular formula is C21H19N3O3S. The van der Waals surface area contributed by atoms with Gasteiger partial charge in [0.25, 0.3) is 0 Å². The molecule has 1 N–H and O–H groups in total. The summed E-state index contributed by atoms with van der Waals surface area (Å²) in [5, 5.41) is 10.1. The minimum absolute atomic E-state index is 0.0364. The van der Waals surface area contributed by atoms with Crippen molar-refractivity contribution in [3.63, 3.8) is 0 Å². The number of aryl methyl sites for hydroxylation is 1. The molecule has 6 nitrogen and oxygen atoms in total. The van der Waals surface area contributed by atoms with E-state index < -0.39 is 0 Å². The number of nitrogens with zero attached hydrogens (tertiary/aromatic N) is 3. The monoisotopic (exact) mass is 393 g/mol. The molecule has 28 heavy (non-hydrogen) atoms. The summed E-state index contributed by atoms with van der Waals surface area (Å²) in [7, 11) is 1.59. The van der Waals surface area contributed by atoms with Crippen molar-refractivity contribution in [1.82, 2.24) is 15.0 Å². The van der Waals surface area contributed by atoms with Crippen LogP contribution in [0.15, 0.2) is 30.5 Å². The third-order valence-corrected chi connectivity index (χ3v) is 6.17. The molecule has 142 valence electrons. The second kappa shape index (κ2) is 6.68. The van der Waals surface area contributed by atoms with Gasteiger partial charge >= 0.3 is 0 Å². The molecule has 0 spiro atoms. The van der Waals surface area contributed by atoms with Crippen molar-refractivity contribution in [1.29, 1.82) is 0 Å². The summed E-state index contributed by atoms with van der Waals surface area (Å²) in [4.78, 5) is 14.0. The van der Waals surface area contributed by atoms with Crippen LogP contribution in [0.25, 0.3) is 31.8 Å². The fourth-order valence-electron chi connectivity index (χ4n) is 3.71. The van der Waals surface area contributed by atoms with E-state index in [0.29, 0.717) is 12.3 Å². The second-order valence-corrected chi connectivity index (χ2v) is 7.96. The largest absolute Gasteiger partial charge is 0.490 e. The number of thiazole rings is 1. The second-order valence-electron chi connectivity index (χ2n) is 6.96. The molecule has 3 heterocycles. The fourth-order valence-corrected chi connectivity index (χ4v) is 4.84. The first kappa shape index (κ1) is 17.3. The molecule has 0 radical (unpaired) electrons. The highest BCUT2D eigenvalue weighted by Crippen LogP contribution is 2.42. The van der Waals surface area contributed by atoms with Gasteiger partial charge in [-0.25, -0.2) is 15.0 Å². The number of hydrogen-bond acceptors (Lipinski definition) is 7. The quantitative estimate of drug-likeness (QED) is 0.566. The van der Waals surface area contributed by atoms with Crippen LogP contribution in [0.5, 0.6) is 11.6 Å². The van der Waals surface area contributed by atoms with Gasteiger partial charge in [0.1, 0.15) is 16.9 Å². The van der Waals surface area contributed by atoms with Gasteiger partial charge in [-0.05, 0) is 36.8 Å². The summed E-state index contributed by atoms with van der Waals surface area (Å²) >= 11 is 1.66. The number of aromatic nitrogens is 3. The Labute approximate surface area is 165 Å². The van der Waals surface area contributed by atoms with Crippen LogP contribution in [0.1, 0.15) is 17.5 Å². The minimum atomic E-state index is 0.0364. The van der Waals surface area contributed by atoms with E-state index in [2.05, 4.69) is 16.0 Å². The number of aliphatic hydroxyl groups excluding tert-OH is 1. The minimum Gasteiger partial charge on any atom is -0.490 e. The SMILES string of the molecule is COc1cnc2c(-c3nc4ccc5c(c4s3)C[C@@H](CCO)O5)cc(C)cc2n1. The lowest BCUT2D eigenvalue weighted by atomic mass is 10.1. The zero-order chi connectivity index (χ0) is 19.3. The van der Waals surface area contributed by atoms with Crippen LogP contribution in [0.4, 0.5) is 0 Å². The van der Waals surface area contributed by atoms with E-state index in [1.165, 1.54) is 5.56 Å². The summed E-state index contributed by atoms with van der Waals surface area (Å²) < 4.78 is 12.3. The number of benzene rings is 2. The third kappa shape index (κ3) is 2.78. The van der Waals surface area contributed by atoms with Crippen molar-refractivity contribution in [3.05, 3.63) is 41.6 Å². The number of methoxy groups -OCH3 is 1. The normalized spacial score (nSPS) is 15.8. The van der Waals surface area contributed by atoms with Gasteiger partial charge < -0.3 is 14.6 Å². The molecule has 7 heteroatoms. The zero-order valence-corrected chi connectivity index (χ0v) is 16.4. The molecule has 4 aromatic rings. The average Bonchev–Trinajstić information content (AvgIpc) is 3.30. The van der Waals surface area contributed by atoms with Gasteiger partial charge in [-0.3, -0.25) is 0 Å². The van der Waals surface area contributed by atoms with Crippen LogP contribution in [0.3, 0.4) is 0 Å². The Morgan fingerprint density at radius 1 is 1.25 bits per heavy atom. The molecule has 0 saturated heterocycles. The summed E-state index contributed by atoms with van der Waals surface area (Å²) in [6, 6.07) is 8.10. The van der Waals surface area contributed by atoms with Crippen LogP contribution >= 0.6 is 11.3 Å². The summed E-state index contributed by atoms with van der Waals surface area (Å²) in [5.74, 6) is 1.40. The smallest absolute Gasteiger partial charge is 0.232 e. The van der Waals surface area contributed by atoms with Crippen LogP contribution < -0.4 is 9.47 Å². The highest BCUT2D eigenvalue weighted by molar-refractivity contribution is 7.22. The molecule has 0 saturated carbocycles. The number of ether oxygens (including phenoxy) is 2. The Hall–Kier alpha value is -2.77. The molecule has 0 unspecified atom stereocenters.